The molecule has 0 aliphatic carbocycles. The average Bonchev–Trinajstić information content (AvgIpc) is 3.58. The zero-order valence-corrected chi connectivity index (χ0v) is 26.8. The number of fused-ring (bicyclic) bond motifs is 1. The number of anilines is 1. The van der Waals surface area contributed by atoms with E-state index in [9.17, 15) is 14.7 Å². The van der Waals surface area contributed by atoms with Crippen LogP contribution in [0.5, 0.6) is 23.0 Å². The highest BCUT2D eigenvalue weighted by Gasteiger charge is 2.48. The van der Waals surface area contributed by atoms with Crippen molar-refractivity contribution in [2.75, 3.05) is 31.8 Å². The molecule has 1 atom stereocenters. The Hall–Kier alpha value is -4.57. The predicted octanol–water partition coefficient (Wildman–Crippen LogP) is 7.69. The summed E-state index contributed by atoms with van der Waals surface area (Å²) in [5.74, 6) is 0.338. The second-order valence-electron chi connectivity index (χ2n) is 10.6. The van der Waals surface area contributed by atoms with Crippen LogP contribution in [-0.2, 0) is 9.59 Å². The summed E-state index contributed by atoms with van der Waals surface area (Å²) < 4.78 is 23.9. The molecule has 9 nitrogen and oxygen atoms in total. The molecule has 1 aliphatic rings. The van der Waals surface area contributed by atoms with Crippen LogP contribution in [0.15, 0.2) is 66.2 Å². The van der Waals surface area contributed by atoms with E-state index in [0.717, 1.165) is 30.4 Å². The van der Waals surface area contributed by atoms with Gasteiger partial charge < -0.3 is 24.1 Å². The van der Waals surface area contributed by atoms with Crippen molar-refractivity contribution in [2.24, 2.45) is 0 Å². The molecule has 5 rings (SSSR count). The van der Waals surface area contributed by atoms with Gasteiger partial charge in [-0.2, -0.15) is 0 Å². The number of aromatic nitrogens is 1. The molecule has 1 N–H and O–H groups in total. The van der Waals surface area contributed by atoms with Crippen molar-refractivity contribution in [3.05, 3.63) is 77.4 Å². The molecule has 236 valence electrons. The number of rotatable bonds is 14. The molecule has 1 aromatic heterocycles. The summed E-state index contributed by atoms with van der Waals surface area (Å²) in [4.78, 5) is 33.7. The molecule has 1 saturated heterocycles. The van der Waals surface area contributed by atoms with Gasteiger partial charge in [-0.15, -0.1) is 0 Å². The number of aliphatic hydroxyl groups is 1. The summed E-state index contributed by atoms with van der Waals surface area (Å²) in [6.45, 7) is 7.63. The van der Waals surface area contributed by atoms with Gasteiger partial charge in [-0.05, 0) is 67.8 Å². The van der Waals surface area contributed by atoms with Gasteiger partial charge in [0.25, 0.3) is 5.78 Å². The van der Waals surface area contributed by atoms with Gasteiger partial charge in [-0.25, -0.2) is 4.98 Å². The van der Waals surface area contributed by atoms with Gasteiger partial charge in [0.05, 0.1) is 48.8 Å². The van der Waals surface area contributed by atoms with Crippen LogP contribution in [0.25, 0.3) is 16.0 Å². The number of ether oxygens (including phenoxy) is 4. The van der Waals surface area contributed by atoms with Crippen molar-refractivity contribution in [2.45, 2.75) is 52.5 Å². The van der Waals surface area contributed by atoms with Gasteiger partial charge in [0, 0.05) is 5.56 Å². The third kappa shape index (κ3) is 6.76. The third-order valence-corrected chi connectivity index (χ3v) is 8.46. The first kappa shape index (κ1) is 31.8. The Morgan fingerprint density at radius 1 is 0.889 bits per heavy atom. The van der Waals surface area contributed by atoms with Crippen LogP contribution in [0.4, 0.5) is 5.13 Å². The Morgan fingerprint density at radius 2 is 1.64 bits per heavy atom. The van der Waals surface area contributed by atoms with E-state index >= 15 is 0 Å². The molecule has 0 radical (unpaired) electrons. The number of benzene rings is 3. The fraction of sp³-hybridized carbons (Fsp3) is 0.343. The molecule has 3 aromatic carbocycles. The standard InChI is InChI=1S/C35H38N2O7S/c1-5-8-17-43-24-12-10-11-23(19-24)32(38)30-31(22-13-16-27(28(20-22)41-4)44-18-9-6-2)37(34(40)33(30)39)35-36-26-15-14-25(42-7-3)21-29(26)45-35/h10-16,19-21,31,38H,5-9,17-18H2,1-4H3/b32-30+. The SMILES string of the molecule is CCCCOc1cccc(/C(O)=C2\C(=O)C(=O)N(c3nc4ccc(OCC)cc4s3)C2c2ccc(OCCCC)c(OC)c2)c1. The quantitative estimate of drug-likeness (QED) is 0.0654. The molecule has 45 heavy (non-hydrogen) atoms. The summed E-state index contributed by atoms with van der Waals surface area (Å²) in [7, 11) is 1.54. The van der Waals surface area contributed by atoms with Crippen LogP contribution in [0, 0.1) is 0 Å². The summed E-state index contributed by atoms with van der Waals surface area (Å²) in [6, 6.07) is 16.7. The second kappa shape index (κ2) is 14.5. The van der Waals surface area contributed by atoms with E-state index in [4.69, 9.17) is 23.9 Å². The van der Waals surface area contributed by atoms with E-state index in [1.54, 1.807) is 42.5 Å². The maximum Gasteiger partial charge on any atom is 0.301 e. The first-order valence-electron chi connectivity index (χ1n) is 15.3. The molecule has 10 heteroatoms. The summed E-state index contributed by atoms with van der Waals surface area (Å²) >= 11 is 1.27. The number of methoxy groups -OCH3 is 1. The largest absolute Gasteiger partial charge is 0.507 e. The van der Waals surface area contributed by atoms with E-state index in [-0.39, 0.29) is 11.3 Å². The summed E-state index contributed by atoms with van der Waals surface area (Å²) in [5.41, 5.74) is 1.53. The van der Waals surface area contributed by atoms with Gasteiger partial charge in [-0.1, -0.05) is 56.2 Å². The number of aliphatic hydroxyl groups excluding tert-OH is 1. The minimum absolute atomic E-state index is 0.0540. The monoisotopic (exact) mass is 630 g/mol. The number of ketones is 1. The van der Waals surface area contributed by atoms with Gasteiger partial charge in [-0.3, -0.25) is 14.5 Å². The zero-order chi connectivity index (χ0) is 31.9. The van der Waals surface area contributed by atoms with Crippen LogP contribution in [0.2, 0.25) is 0 Å². The number of hydrogen-bond donors (Lipinski definition) is 1. The second-order valence-corrected chi connectivity index (χ2v) is 11.6. The van der Waals surface area contributed by atoms with Crippen LogP contribution in [0.3, 0.4) is 0 Å². The molecular formula is C35H38N2O7S. The number of unbranched alkanes of at least 4 members (excludes halogenated alkanes) is 2. The number of amides is 1. The highest BCUT2D eigenvalue weighted by atomic mass is 32.1. The first-order valence-corrected chi connectivity index (χ1v) is 16.1. The molecule has 1 amide bonds. The lowest BCUT2D eigenvalue weighted by Gasteiger charge is -2.24. The van der Waals surface area contributed by atoms with E-state index in [1.807, 2.05) is 25.1 Å². The first-order chi connectivity index (χ1) is 21.9. The molecule has 0 saturated carbocycles. The topological polar surface area (TPSA) is 107 Å². The number of Topliss-reactive ketones (excluding diaryl/α,β-unsaturated/α-hetero) is 1. The number of nitrogens with zero attached hydrogens (tertiary/aromatic N) is 2. The van der Waals surface area contributed by atoms with Gasteiger partial charge in [0.1, 0.15) is 17.3 Å². The Morgan fingerprint density at radius 3 is 2.38 bits per heavy atom. The molecule has 1 unspecified atom stereocenters. The summed E-state index contributed by atoms with van der Waals surface area (Å²) in [6.07, 6.45) is 3.73. The maximum atomic E-state index is 13.8. The van der Waals surface area contributed by atoms with Crippen LogP contribution in [-0.4, -0.2) is 48.7 Å². The number of carbonyl (C=O) groups is 2. The average molecular weight is 631 g/mol. The normalized spacial score (nSPS) is 15.9. The van der Waals surface area contributed by atoms with E-state index in [0.29, 0.717) is 64.6 Å². The molecule has 0 bridgehead atoms. The Labute approximate surface area is 267 Å². The lowest BCUT2D eigenvalue weighted by atomic mass is 9.95. The van der Waals surface area contributed by atoms with Crippen LogP contribution < -0.4 is 23.8 Å². The van der Waals surface area contributed by atoms with Crippen molar-refractivity contribution >= 4 is 44.1 Å². The highest BCUT2D eigenvalue weighted by molar-refractivity contribution is 7.22. The minimum atomic E-state index is -0.986. The van der Waals surface area contributed by atoms with Crippen LogP contribution >= 0.6 is 11.3 Å². The van der Waals surface area contributed by atoms with E-state index in [1.165, 1.54) is 23.3 Å². The molecule has 2 heterocycles. The molecule has 4 aromatic rings. The van der Waals surface area contributed by atoms with Gasteiger partial charge in [0.2, 0.25) is 0 Å². The van der Waals surface area contributed by atoms with Crippen molar-refractivity contribution < 1.29 is 33.6 Å². The summed E-state index contributed by atoms with van der Waals surface area (Å²) in [5, 5.41) is 12.0. The lowest BCUT2D eigenvalue weighted by Crippen LogP contribution is -2.29. The number of hydrogen-bond acceptors (Lipinski definition) is 9. The van der Waals surface area contributed by atoms with Crippen molar-refractivity contribution in [1.82, 2.24) is 4.98 Å². The molecule has 0 spiro atoms. The van der Waals surface area contributed by atoms with Crippen molar-refractivity contribution in [3.8, 4) is 23.0 Å². The van der Waals surface area contributed by atoms with E-state index in [2.05, 4.69) is 13.8 Å². The van der Waals surface area contributed by atoms with Crippen molar-refractivity contribution in [1.29, 1.82) is 0 Å². The van der Waals surface area contributed by atoms with Crippen molar-refractivity contribution in [3.63, 3.8) is 0 Å². The van der Waals surface area contributed by atoms with Crippen LogP contribution in [0.1, 0.15) is 63.6 Å². The lowest BCUT2D eigenvalue weighted by molar-refractivity contribution is -0.132. The Bertz CT molecular complexity index is 1710. The smallest absolute Gasteiger partial charge is 0.301 e. The predicted molar refractivity (Wildman–Crippen MR) is 176 cm³/mol. The zero-order valence-electron chi connectivity index (χ0n) is 26.0. The Kier molecular flexibility index (Phi) is 10.2. The highest BCUT2D eigenvalue weighted by Crippen LogP contribution is 2.46. The Balaban J connectivity index is 1.64. The maximum absolute atomic E-state index is 13.8. The fourth-order valence-electron chi connectivity index (χ4n) is 5.12. The number of thiazole rings is 1. The van der Waals surface area contributed by atoms with E-state index < -0.39 is 17.7 Å². The third-order valence-electron chi connectivity index (χ3n) is 7.44. The van der Waals surface area contributed by atoms with Gasteiger partial charge in [0.15, 0.2) is 16.6 Å². The minimum Gasteiger partial charge on any atom is -0.507 e. The molecule has 1 fully saturated rings. The fourth-order valence-corrected chi connectivity index (χ4v) is 6.14. The number of carbonyl (C=O) groups excluding carboxylic acids is 2. The molecular weight excluding hydrogens is 592 g/mol. The molecule has 1 aliphatic heterocycles. The van der Waals surface area contributed by atoms with Gasteiger partial charge >= 0.3 is 5.91 Å².